The highest BCUT2D eigenvalue weighted by molar-refractivity contribution is 6.48. The molecule has 0 bridgehead atoms. The van der Waals surface area contributed by atoms with Gasteiger partial charge in [0.25, 0.3) is 0 Å². The third kappa shape index (κ3) is 6.30. The maximum Gasteiger partial charge on any atom is 0.465 e. The van der Waals surface area contributed by atoms with Crippen molar-refractivity contribution in [3.05, 3.63) is 69.7 Å². The fourth-order valence-electron chi connectivity index (χ4n) is 4.02. The molecule has 0 saturated carbocycles. The van der Waals surface area contributed by atoms with Crippen LogP contribution >= 0.6 is 23.2 Å². The second-order valence-corrected chi connectivity index (χ2v) is 11.4. The van der Waals surface area contributed by atoms with Crippen molar-refractivity contribution < 1.29 is 14.0 Å². The molecule has 0 aliphatic carbocycles. The van der Waals surface area contributed by atoms with Gasteiger partial charge in [-0.15, -0.1) is 0 Å². The molecule has 6 heteroatoms. The summed E-state index contributed by atoms with van der Waals surface area (Å²) in [5, 5.41) is 1.27. The molecule has 0 radical (unpaired) electrons. The van der Waals surface area contributed by atoms with Crippen LogP contribution < -0.4 is 0 Å². The van der Waals surface area contributed by atoms with E-state index in [0.717, 1.165) is 18.4 Å². The largest absolute Gasteiger partial charge is 0.465 e. The number of halogens is 2. The second-order valence-electron chi connectivity index (χ2n) is 10.6. The Morgan fingerprint density at radius 1 is 0.969 bits per heavy atom. The number of ether oxygens (including phenoxy) is 1. The van der Waals surface area contributed by atoms with E-state index in [9.17, 15) is 0 Å². The Balaban J connectivity index is 1.73. The molecule has 3 rings (SSSR count). The standard InChI is InChI=1S/C26H35BCl2O3/c1-24(2,14-15-30-18-19-10-8-7-9-11-19)17-22(21-13-12-20(28)16-23(21)29)27-31-25(3,4)26(5,6)32-27/h7-13,16,22H,14-15,17-18H2,1-6H3. The lowest BCUT2D eigenvalue weighted by molar-refractivity contribution is 0.00578. The SMILES string of the molecule is CC(C)(CCOCc1ccccc1)CC(B1OC(C)(C)C(C)(C)O1)c1ccc(Cl)cc1Cl. The molecule has 1 unspecified atom stereocenters. The third-order valence-electron chi connectivity index (χ3n) is 6.77. The molecule has 2 aromatic rings. The lowest BCUT2D eigenvalue weighted by Crippen LogP contribution is -2.41. The highest BCUT2D eigenvalue weighted by Crippen LogP contribution is 2.46. The molecular formula is C26H35BCl2O3. The van der Waals surface area contributed by atoms with Crippen molar-refractivity contribution >= 4 is 30.3 Å². The van der Waals surface area contributed by atoms with E-state index in [2.05, 4.69) is 53.7 Å². The summed E-state index contributed by atoms with van der Waals surface area (Å²) in [6.45, 7) is 14.2. The predicted molar refractivity (Wildman–Crippen MR) is 134 cm³/mol. The summed E-state index contributed by atoms with van der Waals surface area (Å²) in [6, 6.07) is 15.9. The molecule has 1 atom stereocenters. The van der Waals surface area contributed by atoms with Crippen molar-refractivity contribution in [2.75, 3.05) is 6.61 Å². The predicted octanol–water partition coefficient (Wildman–Crippen LogP) is 7.73. The van der Waals surface area contributed by atoms with Crippen LogP contribution in [0.3, 0.4) is 0 Å². The molecular weight excluding hydrogens is 442 g/mol. The van der Waals surface area contributed by atoms with E-state index in [-0.39, 0.29) is 18.4 Å². The lowest BCUT2D eigenvalue weighted by atomic mass is 9.61. The molecule has 1 aliphatic rings. The van der Waals surface area contributed by atoms with Gasteiger partial charge in [-0.2, -0.15) is 0 Å². The highest BCUT2D eigenvalue weighted by atomic mass is 35.5. The summed E-state index contributed by atoms with van der Waals surface area (Å²) < 4.78 is 18.9. The quantitative estimate of drug-likeness (QED) is 0.273. The molecule has 0 spiro atoms. The summed E-state index contributed by atoms with van der Waals surface area (Å²) in [6.07, 6.45) is 1.76. The van der Waals surface area contributed by atoms with Crippen molar-refractivity contribution in [3.8, 4) is 0 Å². The highest BCUT2D eigenvalue weighted by Gasteiger charge is 2.54. The number of hydrogen-bond donors (Lipinski definition) is 0. The molecule has 0 N–H and O–H groups in total. The molecule has 1 saturated heterocycles. The zero-order valence-electron chi connectivity index (χ0n) is 20.1. The van der Waals surface area contributed by atoms with Gasteiger partial charge in [0.2, 0.25) is 0 Å². The molecule has 3 nitrogen and oxygen atoms in total. The van der Waals surface area contributed by atoms with Gasteiger partial charge in [0, 0.05) is 22.5 Å². The Labute approximate surface area is 203 Å². The van der Waals surface area contributed by atoms with Crippen LogP contribution in [0, 0.1) is 5.41 Å². The summed E-state index contributed by atoms with van der Waals surface area (Å²) in [4.78, 5) is 0. The van der Waals surface area contributed by atoms with Crippen LogP contribution in [-0.4, -0.2) is 24.9 Å². The topological polar surface area (TPSA) is 27.7 Å². The number of hydrogen-bond acceptors (Lipinski definition) is 3. The fourth-order valence-corrected chi connectivity index (χ4v) is 4.57. The van der Waals surface area contributed by atoms with E-state index >= 15 is 0 Å². The van der Waals surface area contributed by atoms with Gasteiger partial charge >= 0.3 is 7.12 Å². The Hall–Kier alpha value is -1.04. The lowest BCUT2D eigenvalue weighted by Gasteiger charge is -2.32. The molecule has 1 fully saturated rings. The van der Waals surface area contributed by atoms with Crippen molar-refractivity contribution in [2.24, 2.45) is 5.41 Å². The van der Waals surface area contributed by atoms with E-state index in [4.69, 9.17) is 37.2 Å². The van der Waals surface area contributed by atoms with Gasteiger partial charge in [0.15, 0.2) is 0 Å². The Morgan fingerprint density at radius 3 is 2.19 bits per heavy atom. The summed E-state index contributed by atoms with van der Waals surface area (Å²) in [7, 11) is -0.386. The van der Waals surface area contributed by atoms with Crippen LogP contribution in [0.2, 0.25) is 10.0 Å². The molecule has 2 aromatic carbocycles. The Bertz CT molecular complexity index is 883. The van der Waals surface area contributed by atoms with E-state index < -0.39 is 11.2 Å². The van der Waals surface area contributed by atoms with E-state index in [1.165, 1.54) is 5.56 Å². The summed E-state index contributed by atoms with van der Waals surface area (Å²) >= 11 is 12.8. The minimum Gasteiger partial charge on any atom is -0.403 e. The Morgan fingerprint density at radius 2 is 1.59 bits per heavy atom. The first-order valence-corrected chi connectivity index (χ1v) is 12.1. The van der Waals surface area contributed by atoms with Crippen LogP contribution in [0.4, 0.5) is 0 Å². The van der Waals surface area contributed by atoms with Crippen molar-refractivity contribution in [3.63, 3.8) is 0 Å². The zero-order chi connectivity index (χ0) is 23.6. The van der Waals surface area contributed by atoms with Crippen LogP contribution in [0.1, 0.15) is 71.3 Å². The number of rotatable bonds is 9. The van der Waals surface area contributed by atoms with Crippen LogP contribution in [0.25, 0.3) is 0 Å². The Kier molecular flexibility index (Phi) is 8.05. The minimum atomic E-state index is -0.405. The molecule has 0 amide bonds. The number of benzene rings is 2. The van der Waals surface area contributed by atoms with Crippen molar-refractivity contribution in [1.82, 2.24) is 0 Å². The van der Waals surface area contributed by atoms with Gasteiger partial charge in [-0.25, -0.2) is 0 Å². The van der Waals surface area contributed by atoms with Crippen LogP contribution in [-0.2, 0) is 20.7 Å². The maximum atomic E-state index is 6.65. The first-order chi connectivity index (χ1) is 14.9. The van der Waals surface area contributed by atoms with Gasteiger partial charge < -0.3 is 14.0 Å². The zero-order valence-corrected chi connectivity index (χ0v) is 21.6. The first-order valence-electron chi connectivity index (χ1n) is 11.3. The van der Waals surface area contributed by atoms with E-state index in [0.29, 0.717) is 23.3 Å². The molecule has 1 heterocycles. The van der Waals surface area contributed by atoms with Gasteiger partial charge in [0.1, 0.15) is 0 Å². The average molecular weight is 477 g/mol. The van der Waals surface area contributed by atoms with Crippen molar-refractivity contribution in [1.29, 1.82) is 0 Å². The summed E-state index contributed by atoms with van der Waals surface area (Å²) in [5.74, 6) is -0.0232. The average Bonchev–Trinajstić information content (AvgIpc) is 2.92. The monoisotopic (exact) mass is 476 g/mol. The minimum absolute atomic E-state index is 0.00604. The second kappa shape index (κ2) is 10.1. The molecule has 174 valence electrons. The molecule has 0 aromatic heterocycles. The van der Waals surface area contributed by atoms with Gasteiger partial charge in [0.05, 0.1) is 17.8 Å². The molecule has 1 aliphatic heterocycles. The van der Waals surface area contributed by atoms with Gasteiger partial charge in [-0.3, -0.25) is 0 Å². The fraction of sp³-hybridized carbons (Fsp3) is 0.538. The summed E-state index contributed by atoms with van der Waals surface area (Å²) in [5.41, 5.74) is 1.38. The van der Waals surface area contributed by atoms with Crippen molar-refractivity contribution in [2.45, 2.75) is 78.0 Å². The smallest absolute Gasteiger partial charge is 0.403 e. The van der Waals surface area contributed by atoms with E-state index in [1.54, 1.807) is 6.07 Å². The maximum absolute atomic E-state index is 6.65. The van der Waals surface area contributed by atoms with Gasteiger partial charge in [-0.1, -0.05) is 73.4 Å². The van der Waals surface area contributed by atoms with E-state index in [1.807, 2.05) is 30.3 Å². The van der Waals surface area contributed by atoms with Crippen LogP contribution in [0.15, 0.2) is 48.5 Å². The normalized spacial score (nSPS) is 18.7. The van der Waals surface area contributed by atoms with Gasteiger partial charge in [-0.05, 0) is 69.2 Å². The van der Waals surface area contributed by atoms with Crippen LogP contribution in [0.5, 0.6) is 0 Å². The molecule has 32 heavy (non-hydrogen) atoms. The first kappa shape index (κ1) is 25.6. The third-order valence-corrected chi connectivity index (χ3v) is 7.33.